The van der Waals surface area contributed by atoms with Crippen molar-refractivity contribution in [2.75, 3.05) is 7.11 Å². The highest BCUT2D eigenvalue weighted by Gasteiger charge is 2.24. The number of aliphatic hydroxyl groups excluding tert-OH is 1. The first-order valence-electron chi connectivity index (χ1n) is 4.87. The molecule has 84 valence electrons. The summed E-state index contributed by atoms with van der Waals surface area (Å²) in [6, 6.07) is 5.34. The lowest BCUT2D eigenvalue weighted by atomic mass is 9.85. The van der Waals surface area contributed by atoms with Crippen LogP contribution in [0.5, 0.6) is 5.75 Å². The molecule has 1 rings (SSSR count). The smallest absolute Gasteiger partial charge is 0.137 e. The van der Waals surface area contributed by atoms with Gasteiger partial charge < -0.3 is 9.84 Å². The summed E-state index contributed by atoms with van der Waals surface area (Å²) in [6.07, 6.45) is -0.524. The van der Waals surface area contributed by atoms with Gasteiger partial charge in [0.2, 0.25) is 0 Å². The standard InChI is InChI=1S/C12H17ClO2/c1-12(2,3)11(14)8-5-6-9(13)10(7-8)15-4/h5-7,11,14H,1-4H3. The quantitative estimate of drug-likeness (QED) is 0.841. The molecule has 1 unspecified atom stereocenters. The van der Waals surface area contributed by atoms with E-state index < -0.39 is 6.10 Å². The van der Waals surface area contributed by atoms with E-state index in [0.29, 0.717) is 10.8 Å². The number of benzene rings is 1. The van der Waals surface area contributed by atoms with Crippen LogP contribution >= 0.6 is 11.6 Å². The van der Waals surface area contributed by atoms with Crippen molar-refractivity contribution in [2.24, 2.45) is 5.41 Å². The number of hydrogen-bond acceptors (Lipinski definition) is 2. The van der Waals surface area contributed by atoms with Gasteiger partial charge in [0, 0.05) is 0 Å². The zero-order valence-corrected chi connectivity index (χ0v) is 10.3. The molecule has 0 aliphatic carbocycles. The number of aliphatic hydroxyl groups is 1. The third-order valence-electron chi connectivity index (χ3n) is 2.31. The van der Waals surface area contributed by atoms with E-state index in [1.54, 1.807) is 19.2 Å². The molecule has 1 aromatic carbocycles. The lowest BCUT2D eigenvalue weighted by Crippen LogP contribution is -2.17. The van der Waals surface area contributed by atoms with Crippen molar-refractivity contribution >= 4 is 11.6 Å². The zero-order chi connectivity index (χ0) is 11.6. The Balaban J connectivity index is 3.06. The van der Waals surface area contributed by atoms with Crippen LogP contribution in [0.1, 0.15) is 32.4 Å². The molecule has 0 amide bonds. The molecule has 0 heterocycles. The summed E-state index contributed by atoms with van der Waals surface area (Å²) < 4.78 is 5.11. The van der Waals surface area contributed by atoms with Gasteiger partial charge in [0.25, 0.3) is 0 Å². The lowest BCUT2D eigenvalue weighted by molar-refractivity contribution is 0.0625. The topological polar surface area (TPSA) is 29.5 Å². The van der Waals surface area contributed by atoms with Crippen LogP contribution in [0.15, 0.2) is 18.2 Å². The van der Waals surface area contributed by atoms with Crippen LogP contribution in [0.2, 0.25) is 5.02 Å². The Kier molecular flexibility index (Phi) is 3.63. The van der Waals surface area contributed by atoms with Crippen molar-refractivity contribution in [1.29, 1.82) is 0 Å². The maximum atomic E-state index is 10.1. The van der Waals surface area contributed by atoms with E-state index in [9.17, 15) is 5.11 Å². The summed E-state index contributed by atoms with van der Waals surface area (Å²) in [5.41, 5.74) is 0.627. The Bertz CT molecular complexity index is 342. The molecule has 1 atom stereocenters. The predicted octanol–water partition coefficient (Wildman–Crippen LogP) is 3.43. The molecular weight excluding hydrogens is 212 g/mol. The van der Waals surface area contributed by atoms with Gasteiger partial charge in [-0.2, -0.15) is 0 Å². The normalized spacial score (nSPS) is 13.7. The van der Waals surface area contributed by atoms with Gasteiger partial charge in [-0.15, -0.1) is 0 Å². The second kappa shape index (κ2) is 4.42. The van der Waals surface area contributed by atoms with E-state index in [-0.39, 0.29) is 5.41 Å². The third kappa shape index (κ3) is 2.86. The first-order valence-corrected chi connectivity index (χ1v) is 5.25. The Labute approximate surface area is 95.8 Å². The molecule has 0 bridgehead atoms. The van der Waals surface area contributed by atoms with Crippen LogP contribution in [0.4, 0.5) is 0 Å². The van der Waals surface area contributed by atoms with Crippen LogP contribution in [-0.2, 0) is 0 Å². The minimum Gasteiger partial charge on any atom is -0.495 e. The van der Waals surface area contributed by atoms with Crippen molar-refractivity contribution < 1.29 is 9.84 Å². The van der Waals surface area contributed by atoms with Gasteiger partial charge >= 0.3 is 0 Å². The summed E-state index contributed by atoms with van der Waals surface area (Å²) in [4.78, 5) is 0. The average Bonchev–Trinajstić information content (AvgIpc) is 2.16. The highest BCUT2D eigenvalue weighted by atomic mass is 35.5. The van der Waals surface area contributed by atoms with Gasteiger partial charge in [-0.3, -0.25) is 0 Å². The Hall–Kier alpha value is -0.730. The molecule has 15 heavy (non-hydrogen) atoms. The fraction of sp³-hybridized carbons (Fsp3) is 0.500. The minimum absolute atomic E-state index is 0.196. The van der Waals surface area contributed by atoms with Crippen molar-refractivity contribution in [3.05, 3.63) is 28.8 Å². The van der Waals surface area contributed by atoms with E-state index >= 15 is 0 Å². The summed E-state index contributed by atoms with van der Waals surface area (Å²) >= 11 is 5.91. The van der Waals surface area contributed by atoms with Gasteiger partial charge in [0.05, 0.1) is 18.2 Å². The highest BCUT2D eigenvalue weighted by Crippen LogP contribution is 2.35. The molecule has 0 radical (unpaired) electrons. The molecule has 0 spiro atoms. The number of methoxy groups -OCH3 is 1. The summed E-state index contributed by atoms with van der Waals surface area (Å²) in [5, 5.41) is 10.6. The first-order chi connectivity index (χ1) is 6.86. The molecule has 0 fully saturated rings. The van der Waals surface area contributed by atoms with Crippen LogP contribution in [0.25, 0.3) is 0 Å². The molecule has 1 aromatic rings. The molecule has 0 aromatic heterocycles. The summed E-state index contributed by atoms with van der Waals surface area (Å²) in [5.74, 6) is 0.595. The fourth-order valence-electron chi connectivity index (χ4n) is 1.35. The Morgan fingerprint density at radius 2 is 1.93 bits per heavy atom. The van der Waals surface area contributed by atoms with Gasteiger partial charge in [-0.25, -0.2) is 0 Å². The first kappa shape index (κ1) is 12.3. The molecule has 2 nitrogen and oxygen atoms in total. The highest BCUT2D eigenvalue weighted by molar-refractivity contribution is 6.32. The third-order valence-corrected chi connectivity index (χ3v) is 2.62. The summed E-state index contributed by atoms with van der Waals surface area (Å²) in [7, 11) is 1.56. The van der Waals surface area contributed by atoms with Crippen molar-refractivity contribution in [3.63, 3.8) is 0 Å². The zero-order valence-electron chi connectivity index (χ0n) is 9.54. The maximum Gasteiger partial charge on any atom is 0.137 e. The predicted molar refractivity (Wildman–Crippen MR) is 62.4 cm³/mol. The van der Waals surface area contributed by atoms with Gasteiger partial charge in [-0.1, -0.05) is 38.4 Å². The van der Waals surface area contributed by atoms with E-state index in [2.05, 4.69) is 0 Å². The van der Waals surface area contributed by atoms with Crippen LogP contribution in [-0.4, -0.2) is 12.2 Å². The van der Waals surface area contributed by atoms with Gasteiger partial charge in [0.15, 0.2) is 0 Å². The van der Waals surface area contributed by atoms with Gasteiger partial charge in [0.1, 0.15) is 5.75 Å². The van der Waals surface area contributed by atoms with Gasteiger partial charge in [-0.05, 0) is 23.1 Å². The second-order valence-corrected chi connectivity index (χ2v) is 5.07. The average molecular weight is 229 g/mol. The van der Waals surface area contributed by atoms with Crippen molar-refractivity contribution in [1.82, 2.24) is 0 Å². The molecular formula is C12H17ClO2. The van der Waals surface area contributed by atoms with Crippen LogP contribution < -0.4 is 4.74 Å². The lowest BCUT2D eigenvalue weighted by Gasteiger charge is -2.26. The number of halogens is 1. The summed E-state index contributed by atoms with van der Waals surface area (Å²) in [6.45, 7) is 5.95. The van der Waals surface area contributed by atoms with Crippen LogP contribution in [0, 0.1) is 5.41 Å². The van der Waals surface area contributed by atoms with E-state index in [0.717, 1.165) is 5.56 Å². The van der Waals surface area contributed by atoms with Crippen molar-refractivity contribution in [3.8, 4) is 5.75 Å². The molecule has 3 heteroatoms. The fourth-order valence-corrected chi connectivity index (χ4v) is 1.54. The Morgan fingerprint density at radius 1 is 1.33 bits per heavy atom. The molecule has 0 aliphatic rings. The maximum absolute atomic E-state index is 10.1. The van der Waals surface area contributed by atoms with Crippen LogP contribution in [0.3, 0.4) is 0 Å². The largest absolute Gasteiger partial charge is 0.495 e. The number of rotatable bonds is 2. The molecule has 0 saturated carbocycles. The minimum atomic E-state index is -0.524. The number of hydrogen-bond donors (Lipinski definition) is 1. The monoisotopic (exact) mass is 228 g/mol. The van der Waals surface area contributed by atoms with E-state index in [1.807, 2.05) is 26.8 Å². The van der Waals surface area contributed by atoms with E-state index in [1.165, 1.54) is 0 Å². The van der Waals surface area contributed by atoms with E-state index in [4.69, 9.17) is 16.3 Å². The second-order valence-electron chi connectivity index (χ2n) is 4.66. The van der Waals surface area contributed by atoms with Crippen molar-refractivity contribution in [2.45, 2.75) is 26.9 Å². The SMILES string of the molecule is COc1cc(C(O)C(C)(C)C)ccc1Cl. The molecule has 0 aliphatic heterocycles. The molecule has 0 saturated heterocycles. The number of ether oxygens (including phenoxy) is 1. The molecule has 1 N–H and O–H groups in total. The Morgan fingerprint density at radius 3 is 2.40 bits per heavy atom.